The number of carbonyl (C=O) groups is 2. The molecule has 2 aliphatic heterocycles. The second-order valence-corrected chi connectivity index (χ2v) is 8.86. The molecule has 1 saturated heterocycles. The minimum Gasteiger partial charge on any atom is -0.477 e. The van der Waals surface area contributed by atoms with Gasteiger partial charge in [-0.05, 0) is 30.4 Å². The summed E-state index contributed by atoms with van der Waals surface area (Å²) in [6.07, 6.45) is -0.736. The summed E-state index contributed by atoms with van der Waals surface area (Å²) in [6.45, 7) is 1.47. The molecule has 3 atom stereocenters. The molecule has 0 unspecified atom stereocenters. The molecule has 23 heavy (non-hydrogen) atoms. The lowest BCUT2D eigenvalue weighted by Gasteiger charge is -2.44. The largest absolute Gasteiger partial charge is 0.477 e. The van der Waals surface area contributed by atoms with E-state index in [1.807, 2.05) is 0 Å². The van der Waals surface area contributed by atoms with Gasteiger partial charge in [-0.15, -0.1) is 11.3 Å². The summed E-state index contributed by atoms with van der Waals surface area (Å²) < 4.78 is 24.9. The topological polar surface area (TPSA) is 112 Å². The standard InChI is InChI=1S/C14H15NO6S2/c1-7(16)11-9-5-8(12(14(18)19)15(9)13(11)17)6-23(20,21)10-3-2-4-22-10/h2-4,7,9,11,16H,5-6H2,1H3,(H,18,19)/t7-,9-,11+/m1/s1. The Balaban J connectivity index is 1.93. The zero-order valence-corrected chi connectivity index (χ0v) is 13.8. The summed E-state index contributed by atoms with van der Waals surface area (Å²) in [6, 6.07) is 2.61. The van der Waals surface area contributed by atoms with E-state index in [1.165, 1.54) is 13.0 Å². The van der Waals surface area contributed by atoms with Crippen LogP contribution in [0.4, 0.5) is 0 Å². The molecule has 1 fully saturated rings. The Morgan fingerprint density at radius 1 is 1.52 bits per heavy atom. The fraction of sp³-hybridized carbons (Fsp3) is 0.429. The van der Waals surface area contributed by atoms with Gasteiger partial charge in [0, 0.05) is 0 Å². The number of amides is 1. The van der Waals surface area contributed by atoms with E-state index in [2.05, 4.69) is 0 Å². The number of aliphatic hydroxyl groups excluding tert-OH is 1. The van der Waals surface area contributed by atoms with Crippen LogP contribution >= 0.6 is 11.3 Å². The van der Waals surface area contributed by atoms with Crippen LogP contribution in [0.1, 0.15) is 13.3 Å². The number of carboxylic acids is 1. The van der Waals surface area contributed by atoms with Gasteiger partial charge in [0.2, 0.25) is 5.91 Å². The van der Waals surface area contributed by atoms with Gasteiger partial charge in [0.05, 0.1) is 23.8 Å². The van der Waals surface area contributed by atoms with Gasteiger partial charge in [-0.1, -0.05) is 6.07 Å². The average Bonchev–Trinajstić information content (AvgIpc) is 3.04. The Labute approximate surface area is 136 Å². The quantitative estimate of drug-likeness (QED) is 0.741. The number of fused-ring (bicyclic) bond motifs is 1. The molecule has 1 aromatic heterocycles. The van der Waals surface area contributed by atoms with Gasteiger partial charge in [0.25, 0.3) is 0 Å². The number of carbonyl (C=O) groups excluding carboxylic acids is 1. The Morgan fingerprint density at radius 2 is 2.22 bits per heavy atom. The van der Waals surface area contributed by atoms with Gasteiger partial charge >= 0.3 is 5.97 Å². The molecule has 1 amide bonds. The molecule has 0 saturated carbocycles. The first-order valence-corrected chi connectivity index (χ1v) is 9.50. The zero-order chi connectivity index (χ0) is 16.9. The SMILES string of the molecule is C[C@@H](O)[C@@H]1C(=O)N2C(C(=O)O)=C(CS(=O)(=O)c3cccs3)C[C@H]12. The number of hydrogen-bond acceptors (Lipinski definition) is 6. The van der Waals surface area contributed by atoms with Crippen LogP contribution in [0.3, 0.4) is 0 Å². The first kappa shape index (κ1) is 16.2. The van der Waals surface area contributed by atoms with Crippen molar-refractivity contribution in [1.82, 2.24) is 4.90 Å². The number of aliphatic hydroxyl groups is 1. The van der Waals surface area contributed by atoms with Crippen LogP contribution in [0.2, 0.25) is 0 Å². The number of nitrogens with zero attached hydrogens (tertiary/aromatic N) is 1. The van der Waals surface area contributed by atoms with Gasteiger partial charge in [-0.3, -0.25) is 4.79 Å². The second kappa shape index (κ2) is 5.43. The van der Waals surface area contributed by atoms with Crippen molar-refractivity contribution in [2.24, 2.45) is 5.92 Å². The normalized spacial score (nSPS) is 25.3. The predicted molar refractivity (Wildman–Crippen MR) is 81.5 cm³/mol. The zero-order valence-electron chi connectivity index (χ0n) is 12.2. The van der Waals surface area contributed by atoms with Crippen molar-refractivity contribution < 1.29 is 28.2 Å². The van der Waals surface area contributed by atoms with E-state index in [0.717, 1.165) is 16.2 Å². The van der Waals surface area contributed by atoms with Crippen molar-refractivity contribution in [2.45, 2.75) is 29.7 Å². The smallest absolute Gasteiger partial charge is 0.352 e. The second-order valence-electron chi connectivity index (χ2n) is 5.69. The number of sulfone groups is 1. The predicted octanol–water partition coefficient (Wildman–Crippen LogP) is 0.472. The minimum atomic E-state index is -3.64. The van der Waals surface area contributed by atoms with Crippen molar-refractivity contribution >= 4 is 33.1 Å². The van der Waals surface area contributed by atoms with Crippen LogP contribution in [-0.2, 0) is 19.4 Å². The summed E-state index contributed by atoms with van der Waals surface area (Å²) in [5.41, 5.74) is -0.0376. The Bertz CT molecular complexity index is 793. The molecule has 9 heteroatoms. The van der Waals surface area contributed by atoms with Gasteiger partial charge in [-0.2, -0.15) is 0 Å². The Morgan fingerprint density at radius 3 is 2.74 bits per heavy atom. The average molecular weight is 357 g/mol. The molecule has 2 aliphatic rings. The molecule has 0 aromatic carbocycles. The van der Waals surface area contributed by atoms with Crippen LogP contribution in [0.25, 0.3) is 0 Å². The van der Waals surface area contributed by atoms with Crippen molar-refractivity contribution in [2.75, 3.05) is 5.75 Å². The number of thiophene rings is 1. The minimum absolute atomic E-state index is 0.160. The van der Waals surface area contributed by atoms with E-state index < -0.39 is 45.5 Å². The highest BCUT2D eigenvalue weighted by atomic mass is 32.2. The van der Waals surface area contributed by atoms with Gasteiger partial charge in [0.1, 0.15) is 9.91 Å². The van der Waals surface area contributed by atoms with Crippen LogP contribution in [0.15, 0.2) is 33.0 Å². The van der Waals surface area contributed by atoms with Gasteiger partial charge in [0.15, 0.2) is 9.84 Å². The molecule has 3 rings (SSSR count). The lowest BCUT2D eigenvalue weighted by molar-refractivity contribution is -0.161. The molecule has 2 N–H and O–H groups in total. The number of aliphatic carboxylic acids is 1. The number of carboxylic acid groups (broad SMARTS) is 1. The monoisotopic (exact) mass is 357 g/mol. The first-order valence-electron chi connectivity index (χ1n) is 6.96. The summed E-state index contributed by atoms with van der Waals surface area (Å²) in [7, 11) is -3.64. The van der Waals surface area contributed by atoms with Crippen LogP contribution in [0.5, 0.6) is 0 Å². The highest BCUT2D eigenvalue weighted by Crippen LogP contribution is 2.44. The Kier molecular flexibility index (Phi) is 3.81. The highest BCUT2D eigenvalue weighted by Gasteiger charge is 2.56. The third kappa shape index (κ3) is 2.48. The van der Waals surface area contributed by atoms with Gasteiger partial charge < -0.3 is 15.1 Å². The molecule has 0 spiro atoms. The molecule has 0 radical (unpaired) electrons. The Hall–Kier alpha value is -1.71. The van der Waals surface area contributed by atoms with Crippen molar-refractivity contribution in [3.63, 3.8) is 0 Å². The number of rotatable bonds is 5. The summed E-state index contributed by atoms with van der Waals surface area (Å²) in [5, 5.41) is 20.7. The first-order chi connectivity index (χ1) is 10.7. The fourth-order valence-electron chi connectivity index (χ4n) is 3.23. The fourth-order valence-corrected chi connectivity index (χ4v) is 5.75. The molecular weight excluding hydrogens is 342 g/mol. The molecule has 1 aromatic rings. The van der Waals surface area contributed by atoms with Crippen molar-refractivity contribution in [3.8, 4) is 0 Å². The lowest BCUT2D eigenvalue weighted by atomic mass is 9.83. The maximum atomic E-state index is 12.4. The van der Waals surface area contributed by atoms with E-state index in [1.54, 1.807) is 11.4 Å². The maximum Gasteiger partial charge on any atom is 0.352 e. The van der Waals surface area contributed by atoms with Gasteiger partial charge in [-0.25, -0.2) is 13.2 Å². The van der Waals surface area contributed by atoms with Crippen LogP contribution in [0, 0.1) is 5.92 Å². The molecule has 0 bridgehead atoms. The maximum absolute atomic E-state index is 12.4. The lowest BCUT2D eigenvalue weighted by Crippen LogP contribution is -2.61. The van der Waals surface area contributed by atoms with E-state index in [9.17, 15) is 28.2 Å². The highest BCUT2D eigenvalue weighted by molar-refractivity contribution is 7.93. The van der Waals surface area contributed by atoms with E-state index in [4.69, 9.17) is 0 Å². The third-order valence-corrected chi connectivity index (χ3v) is 7.38. The third-order valence-electron chi connectivity index (χ3n) is 4.19. The van der Waals surface area contributed by atoms with E-state index >= 15 is 0 Å². The van der Waals surface area contributed by atoms with Crippen molar-refractivity contribution in [1.29, 1.82) is 0 Å². The van der Waals surface area contributed by atoms with Crippen LogP contribution < -0.4 is 0 Å². The number of β-lactam (4-membered cyclic amide) rings is 1. The van der Waals surface area contributed by atoms with Crippen molar-refractivity contribution in [3.05, 3.63) is 28.8 Å². The summed E-state index contributed by atoms with van der Waals surface area (Å²) in [5.74, 6) is -2.89. The summed E-state index contributed by atoms with van der Waals surface area (Å²) >= 11 is 1.07. The number of hydrogen-bond donors (Lipinski definition) is 2. The molecule has 3 heterocycles. The summed E-state index contributed by atoms with van der Waals surface area (Å²) in [4.78, 5) is 24.7. The molecule has 0 aliphatic carbocycles. The van der Waals surface area contributed by atoms with Crippen LogP contribution in [-0.4, -0.2) is 53.3 Å². The van der Waals surface area contributed by atoms with E-state index in [-0.39, 0.29) is 21.9 Å². The van der Waals surface area contributed by atoms with E-state index in [0.29, 0.717) is 0 Å². The molecular formula is C14H15NO6S2. The molecule has 124 valence electrons. The molecule has 7 nitrogen and oxygen atoms in total.